The summed E-state index contributed by atoms with van der Waals surface area (Å²) in [7, 11) is 1.79. The molecule has 2 heterocycles. The highest BCUT2D eigenvalue weighted by Crippen LogP contribution is 2.17. The number of benzene rings is 2. The summed E-state index contributed by atoms with van der Waals surface area (Å²) in [5.41, 5.74) is 6.77. The van der Waals surface area contributed by atoms with Gasteiger partial charge in [0.1, 0.15) is 0 Å². The van der Waals surface area contributed by atoms with Gasteiger partial charge >= 0.3 is 0 Å². The van der Waals surface area contributed by atoms with Crippen LogP contribution in [0.2, 0.25) is 0 Å². The number of aromatic nitrogens is 4. The van der Waals surface area contributed by atoms with Gasteiger partial charge < -0.3 is 10.6 Å². The van der Waals surface area contributed by atoms with E-state index in [1.807, 2.05) is 40.7 Å². The third-order valence-electron chi connectivity index (χ3n) is 5.25. The molecule has 2 aromatic heterocycles. The zero-order valence-corrected chi connectivity index (χ0v) is 21.5. The highest BCUT2D eigenvalue weighted by molar-refractivity contribution is 14.0. The number of para-hydroxylation sites is 1. The minimum absolute atomic E-state index is 0. The molecule has 0 atom stereocenters. The van der Waals surface area contributed by atoms with Crippen molar-refractivity contribution in [1.29, 1.82) is 0 Å². The van der Waals surface area contributed by atoms with Crippen LogP contribution in [0.3, 0.4) is 0 Å². The molecular formula is C25H30IN7. The summed E-state index contributed by atoms with van der Waals surface area (Å²) in [4.78, 5) is 4.38. The third kappa shape index (κ3) is 6.44. The highest BCUT2D eigenvalue weighted by Gasteiger charge is 2.09. The lowest BCUT2D eigenvalue weighted by Crippen LogP contribution is -2.36. The molecule has 0 bridgehead atoms. The van der Waals surface area contributed by atoms with Gasteiger partial charge in [0.15, 0.2) is 5.96 Å². The monoisotopic (exact) mass is 555 g/mol. The maximum atomic E-state index is 4.64. The first-order valence-corrected chi connectivity index (χ1v) is 10.7. The van der Waals surface area contributed by atoms with Gasteiger partial charge in [0.05, 0.1) is 17.9 Å². The summed E-state index contributed by atoms with van der Waals surface area (Å²) in [5.74, 6) is 0.755. The topological polar surface area (TPSA) is 72.1 Å². The molecule has 0 saturated carbocycles. The van der Waals surface area contributed by atoms with Crippen LogP contribution in [0.5, 0.6) is 0 Å². The number of aryl methyl sites for hydroxylation is 2. The minimum atomic E-state index is 0. The molecular weight excluding hydrogens is 525 g/mol. The maximum absolute atomic E-state index is 4.64. The molecule has 2 aromatic carbocycles. The van der Waals surface area contributed by atoms with Crippen LogP contribution < -0.4 is 10.6 Å². The smallest absolute Gasteiger partial charge is 0.191 e. The molecule has 0 amide bonds. The van der Waals surface area contributed by atoms with Crippen LogP contribution in [0.4, 0.5) is 0 Å². The van der Waals surface area contributed by atoms with Gasteiger partial charge in [-0.15, -0.1) is 24.0 Å². The van der Waals surface area contributed by atoms with Crippen molar-refractivity contribution < 1.29 is 0 Å². The van der Waals surface area contributed by atoms with Crippen molar-refractivity contribution in [3.8, 4) is 5.69 Å². The van der Waals surface area contributed by atoms with E-state index in [9.17, 15) is 0 Å². The number of rotatable bonds is 7. The zero-order chi connectivity index (χ0) is 22.3. The van der Waals surface area contributed by atoms with Crippen LogP contribution in [-0.2, 0) is 19.6 Å². The van der Waals surface area contributed by atoms with E-state index in [4.69, 9.17) is 0 Å². The van der Waals surface area contributed by atoms with Crippen molar-refractivity contribution in [1.82, 2.24) is 30.2 Å². The maximum Gasteiger partial charge on any atom is 0.191 e. The molecule has 0 spiro atoms. The van der Waals surface area contributed by atoms with Crippen LogP contribution in [0.15, 0.2) is 78.0 Å². The number of guanidine groups is 1. The lowest BCUT2D eigenvalue weighted by atomic mass is 10.1. The first-order chi connectivity index (χ1) is 15.6. The van der Waals surface area contributed by atoms with Crippen molar-refractivity contribution in [3.63, 3.8) is 0 Å². The highest BCUT2D eigenvalue weighted by atomic mass is 127. The number of nitrogens with one attached hydrogen (secondary N) is 2. The van der Waals surface area contributed by atoms with Crippen LogP contribution in [0.1, 0.15) is 28.1 Å². The summed E-state index contributed by atoms with van der Waals surface area (Å²) in [6, 6.07) is 20.8. The summed E-state index contributed by atoms with van der Waals surface area (Å²) in [6.07, 6.45) is 3.77. The molecule has 7 nitrogen and oxygen atoms in total. The molecule has 8 heteroatoms. The Kier molecular flexibility index (Phi) is 8.65. The Morgan fingerprint density at radius 3 is 2.45 bits per heavy atom. The molecule has 33 heavy (non-hydrogen) atoms. The summed E-state index contributed by atoms with van der Waals surface area (Å²) >= 11 is 0. The minimum Gasteiger partial charge on any atom is -0.352 e. The molecule has 2 N–H and O–H groups in total. The SMILES string of the molecule is CN=C(NCc1cccc(Cn2cccn2)c1)NCc1ccccc1-n1nc(C)cc1C.I. The van der Waals surface area contributed by atoms with Crippen molar-refractivity contribution in [2.45, 2.75) is 33.5 Å². The Morgan fingerprint density at radius 2 is 1.73 bits per heavy atom. The van der Waals surface area contributed by atoms with Gasteiger partial charge in [0, 0.05) is 38.2 Å². The van der Waals surface area contributed by atoms with E-state index in [2.05, 4.69) is 75.2 Å². The van der Waals surface area contributed by atoms with E-state index in [0.29, 0.717) is 13.1 Å². The van der Waals surface area contributed by atoms with E-state index >= 15 is 0 Å². The molecule has 4 aromatic rings. The predicted octanol–water partition coefficient (Wildman–Crippen LogP) is 4.22. The molecule has 4 rings (SSSR count). The summed E-state index contributed by atoms with van der Waals surface area (Å²) in [5, 5.41) is 15.8. The van der Waals surface area contributed by atoms with Crippen LogP contribution in [0.25, 0.3) is 5.69 Å². The molecule has 0 aliphatic rings. The zero-order valence-electron chi connectivity index (χ0n) is 19.2. The second kappa shape index (κ2) is 11.6. The number of aliphatic imine (C=N–C) groups is 1. The van der Waals surface area contributed by atoms with Gasteiger partial charge in [-0.25, -0.2) is 4.68 Å². The lowest BCUT2D eigenvalue weighted by Gasteiger charge is -2.15. The first kappa shape index (κ1) is 24.5. The average Bonchev–Trinajstić information content (AvgIpc) is 3.43. The molecule has 172 valence electrons. The van der Waals surface area contributed by atoms with E-state index in [-0.39, 0.29) is 24.0 Å². The second-order valence-electron chi connectivity index (χ2n) is 7.77. The molecule has 0 radical (unpaired) electrons. The molecule has 0 fully saturated rings. The lowest BCUT2D eigenvalue weighted by molar-refractivity contribution is 0.685. The van der Waals surface area contributed by atoms with Gasteiger partial charge in [-0.3, -0.25) is 9.67 Å². The third-order valence-corrected chi connectivity index (χ3v) is 5.25. The van der Waals surface area contributed by atoms with Gasteiger partial charge in [0.25, 0.3) is 0 Å². The Bertz CT molecular complexity index is 1200. The molecule has 0 saturated heterocycles. The van der Waals surface area contributed by atoms with Crippen LogP contribution >= 0.6 is 24.0 Å². The van der Waals surface area contributed by atoms with E-state index in [1.54, 1.807) is 13.2 Å². The van der Waals surface area contributed by atoms with Crippen LogP contribution in [-0.4, -0.2) is 32.6 Å². The van der Waals surface area contributed by atoms with Crippen molar-refractivity contribution in [2.75, 3.05) is 7.05 Å². The van der Waals surface area contributed by atoms with Crippen molar-refractivity contribution >= 4 is 29.9 Å². The molecule has 0 aliphatic heterocycles. The molecule has 0 unspecified atom stereocenters. The fourth-order valence-electron chi connectivity index (χ4n) is 3.74. The quantitative estimate of drug-likeness (QED) is 0.204. The normalized spacial score (nSPS) is 11.2. The summed E-state index contributed by atoms with van der Waals surface area (Å²) < 4.78 is 3.92. The van der Waals surface area contributed by atoms with Gasteiger partial charge in [0.2, 0.25) is 0 Å². The second-order valence-corrected chi connectivity index (χ2v) is 7.77. The van der Waals surface area contributed by atoms with E-state index in [0.717, 1.165) is 35.1 Å². The fourth-order valence-corrected chi connectivity index (χ4v) is 3.74. The standard InChI is InChI=1S/C25H29N7.HI/c1-19-14-20(2)32(30-19)24-11-5-4-10-23(24)17-28-25(26-3)27-16-21-8-6-9-22(15-21)18-31-13-7-12-29-31;/h4-15H,16-18H2,1-3H3,(H2,26,27,28);1H. The van der Waals surface area contributed by atoms with Crippen LogP contribution in [0, 0.1) is 13.8 Å². The van der Waals surface area contributed by atoms with Crippen molar-refractivity contribution in [2.24, 2.45) is 4.99 Å². The largest absolute Gasteiger partial charge is 0.352 e. The van der Waals surface area contributed by atoms with Gasteiger partial charge in [-0.05, 0) is 48.7 Å². The van der Waals surface area contributed by atoms with Gasteiger partial charge in [-0.2, -0.15) is 10.2 Å². The number of halogens is 1. The Hall–Kier alpha value is -3.14. The van der Waals surface area contributed by atoms with E-state index in [1.165, 1.54) is 11.1 Å². The van der Waals surface area contributed by atoms with Crippen molar-refractivity contribution in [3.05, 3.63) is 101 Å². The predicted molar refractivity (Wildman–Crippen MR) is 143 cm³/mol. The first-order valence-electron chi connectivity index (χ1n) is 10.7. The number of hydrogen-bond acceptors (Lipinski definition) is 3. The summed E-state index contributed by atoms with van der Waals surface area (Å²) in [6.45, 7) is 6.18. The fraction of sp³-hybridized carbons (Fsp3) is 0.240. The Balaban J connectivity index is 0.00000306. The van der Waals surface area contributed by atoms with E-state index < -0.39 is 0 Å². The Labute approximate surface area is 212 Å². The number of nitrogens with zero attached hydrogens (tertiary/aromatic N) is 5. The average molecular weight is 555 g/mol. The van der Waals surface area contributed by atoms with Gasteiger partial charge in [-0.1, -0.05) is 42.5 Å². The number of hydrogen-bond donors (Lipinski definition) is 2. The Morgan fingerprint density at radius 1 is 0.939 bits per heavy atom. The molecule has 0 aliphatic carbocycles.